The van der Waals surface area contributed by atoms with Gasteiger partial charge in [0, 0.05) is 39.6 Å². The number of rotatable bonds is 4. The van der Waals surface area contributed by atoms with Gasteiger partial charge in [0.25, 0.3) is 5.91 Å². The van der Waals surface area contributed by atoms with Crippen molar-refractivity contribution in [1.29, 1.82) is 0 Å². The highest BCUT2D eigenvalue weighted by Gasteiger charge is 2.64. The zero-order valence-electron chi connectivity index (χ0n) is 17.4. The summed E-state index contributed by atoms with van der Waals surface area (Å²) in [5, 5.41) is 12.0. The first-order valence-corrected chi connectivity index (χ1v) is 11.1. The van der Waals surface area contributed by atoms with E-state index in [-0.39, 0.29) is 6.54 Å². The van der Waals surface area contributed by atoms with Crippen LogP contribution in [0.25, 0.3) is 10.9 Å². The second-order valence-electron chi connectivity index (χ2n) is 8.30. The van der Waals surface area contributed by atoms with Gasteiger partial charge in [-0.3, -0.25) is 19.5 Å². The molecule has 2 atom stereocenters. The second-order valence-corrected chi connectivity index (χ2v) is 9.16. The molecule has 176 valence electrons. The third-order valence-corrected chi connectivity index (χ3v) is 6.95. The maximum Gasteiger partial charge on any atom is 0.405 e. The Bertz CT molecular complexity index is 1340. The lowest BCUT2D eigenvalue weighted by Gasteiger charge is -2.54. The summed E-state index contributed by atoms with van der Waals surface area (Å²) in [5.41, 5.74) is 0.901. The normalized spacial score (nSPS) is 21.4. The predicted molar refractivity (Wildman–Crippen MR) is 119 cm³/mol. The first kappa shape index (κ1) is 22.4. The molecule has 8 nitrogen and oxygen atoms in total. The smallest absolute Gasteiger partial charge is 0.347 e. The minimum absolute atomic E-state index is 0.0199. The molecule has 1 aromatic heterocycles. The van der Waals surface area contributed by atoms with E-state index < -0.39 is 48.3 Å². The number of aromatic amines is 1. The number of carbonyl (C=O) groups excluding carboxylic acids is 3. The Kier molecular flexibility index (Phi) is 5.15. The molecule has 3 amide bonds. The average molecular weight is 536 g/mol. The third-order valence-electron chi connectivity index (χ3n) is 6.29. The number of hydrogen-bond donors (Lipinski definition) is 3. The van der Waals surface area contributed by atoms with E-state index in [0.717, 1.165) is 5.52 Å². The third kappa shape index (κ3) is 3.52. The summed E-state index contributed by atoms with van der Waals surface area (Å²) in [5.74, 6) is -1.74. The molecular weight excluding hydrogens is 519 g/mol. The van der Waals surface area contributed by atoms with Crippen LogP contribution in [0, 0.1) is 0 Å². The molecule has 0 bridgehead atoms. The molecular formula is C22H17BrF3N5O3. The Morgan fingerprint density at radius 3 is 2.82 bits per heavy atom. The van der Waals surface area contributed by atoms with Crippen molar-refractivity contribution in [3.63, 3.8) is 0 Å². The van der Waals surface area contributed by atoms with Gasteiger partial charge in [-0.1, -0.05) is 22.0 Å². The van der Waals surface area contributed by atoms with E-state index in [0.29, 0.717) is 26.7 Å². The molecule has 34 heavy (non-hydrogen) atoms. The van der Waals surface area contributed by atoms with Gasteiger partial charge in [0.15, 0.2) is 0 Å². The standard InChI is InChI=1S/C22H17BrF3N5O3/c23-13-2-1-3-15-18(13)21(20(34)29-15)10-31(16(21)7-17(32)27-9-22(24,25)26)19(33)11-4-5-14-12(6-11)8-28-30-14/h1-6,8,16H,7,9-10H2,(H,27,32)(H,28,30)(H,29,34). The van der Waals surface area contributed by atoms with Crippen molar-refractivity contribution >= 4 is 50.2 Å². The number of carbonyl (C=O) groups is 3. The molecule has 0 aliphatic carbocycles. The number of fused-ring (bicyclic) bond motifs is 3. The lowest BCUT2D eigenvalue weighted by atomic mass is 9.65. The van der Waals surface area contributed by atoms with E-state index in [9.17, 15) is 27.6 Å². The highest BCUT2D eigenvalue weighted by Crippen LogP contribution is 2.52. The van der Waals surface area contributed by atoms with Crippen LogP contribution in [0.5, 0.6) is 0 Å². The molecule has 2 aromatic carbocycles. The fourth-order valence-electron chi connectivity index (χ4n) is 4.72. The number of nitrogens with zero attached hydrogens (tertiary/aromatic N) is 2. The van der Waals surface area contributed by atoms with Crippen molar-refractivity contribution in [2.24, 2.45) is 0 Å². The number of anilines is 1. The quantitative estimate of drug-likeness (QED) is 0.477. The van der Waals surface area contributed by atoms with E-state index in [1.807, 2.05) is 5.32 Å². The van der Waals surface area contributed by atoms with Crippen LogP contribution in [0.1, 0.15) is 22.3 Å². The van der Waals surface area contributed by atoms with Crippen LogP contribution >= 0.6 is 15.9 Å². The molecule has 1 fully saturated rings. The molecule has 2 aliphatic heterocycles. The van der Waals surface area contributed by atoms with Crippen molar-refractivity contribution in [3.8, 4) is 0 Å². The Labute approximate surface area is 199 Å². The fraction of sp³-hybridized carbons (Fsp3) is 0.273. The maximum absolute atomic E-state index is 13.4. The summed E-state index contributed by atoms with van der Waals surface area (Å²) < 4.78 is 38.5. The van der Waals surface area contributed by atoms with Gasteiger partial charge in [-0.05, 0) is 30.3 Å². The van der Waals surface area contributed by atoms with Crippen LogP contribution in [0.2, 0.25) is 0 Å². The number of halogens is 4. The zero-order chi connectivity index (χ0) is 24.3. The highest BCUT2D eigenvalue weighted by molar-refractivity contribution is 9.10. The fourth-order valence-corrected chi connectivity index (χ4v) is 5.44. The molecule has 1 spiro atoms. The van der Waals surface area contributed by atoms with E-state index >= 15 is 0 Å². The van der Waals surface area contributed by atoms with Gasteiger partial charge >= 0.3 is 6.18 Å². The second kappa shape index (κ2) is 7.83. The number of nitrogens with one attached hydrogen (secondary N) is 3. The molecule has 0 radical (unpaired) electrons. The van der Waals surface area contributed by atoms with E-state index in [1.54, 1.807) is 42.6 Å². The van der Waals surface area contributed by atoms with Gasteiger partial charge in [0.2, 0.25) is 11.8 Å². The summed E-state index contributed by atoms with van der Waals surface area (Å²) >= 11 is 3.44. The van der Waals surface area contributed by atoms with Crippen molar-refractivity contribution in [2.75, 3.05) is 18.4 Å². The van der Waals surface area contributed by atoms with E-state index in [2.05, 4.69) is 31.4 Å². The largest absolute Gasteiger partial charge is 0.405 e. The van der Waals surface area contributed by atoms with Crippen molar-refractivity contribution in [1.82, 2.24) is 20.4 Å². The summed E-state index contributed by atoms with van der Waals surface area (Å²) in [7, 11) is 0. The van der Waals surface area contributed by atoms with Crippen LogP contribution < -0.4 is 10.6 Å². The van der Waals surface area contributed by atoms with Crippen LogP contribution in [-0.2, 0) is 15.0 Å². The van der Waals surface area contributed by atoms with Gasteiger partial charge in [0.1, 0.15) is 12.0 Å². The molecule has 5 rings (SSSR count). The first-order valence-electron chi connectivity index (χ1n) is 10.3. The van der Waals surface area contributed by atoms with Gasteiger partial charge in [-0.25, -0.2) is 0 Å². The van der Waals surface area contributed by atoms with Crippen molar-refractivity contribution in [3.05, 3.63) is 58.2 Å². The first-order chi connectivity index (χ1) is 16.1. The molecule has 3 N–H and O–H groups in total. The van der Waals surface area contributed by atoms with Crippen molar-refractivity contribution in [2.45, 2.75) is 24.1 Å². The maximum atomic E-state index is 13.4. The van der Waals surface area contributed by atoms with Crippen LogP contribution in [0.15, 0.2) is 47.1 Å². The average Bonchev–Trinajstić information content (AvgIpc) is 3.36. The number of benzene rings is 2. The molecule has 2 unspecified atom stereocenters. The molecule has 0 saturated carbocycles. The van der Waals surface area contributed by atoms with Crippen LogP contribution in [0.4, 0.5) is 18.9 Å². The van der Waals surface area contributed by atoms with E-state index in [1.165, 1.54) is 4.90 Å². The predicted octanol–water partition coefficient (Wildman–Crippen LogP) is 3.11. The summed E-state index contributed by atoms with van der Waals surface area (Å²) in [4.78, 5) is 40.4. The Balaban J connectivity index is 1.50. The monoisotopic (exact) mass is 535 g/mol. The topological polar surface area (TPSA) is 107 Å². The molecule has 1 saturated heterocycles. The Morgan fingerprint density at radius 1 is 1.26 bits per heavy atom. The number of H-pyrrole nitrogens is 1. The number of hydrogen-bond acceptors (Lipinski definition) is 4. The lowest BCUT2D eigenvalue weighted by Crippen LogP contribution is -2.72. The van der Waals surface area contributed by atoms with Gasteiger partial charge < -0.3 is 15.5 Å². The minimum atomic E-state index is -4.58. The molecule has 2 aliphatic rings. The summed E-state index contributed by atoms with van der Waals surface area (Å²) in [6.45, 7) is -1.52. The van der Waals surface area contributed by atoms with Crippen LogP contribution in [0.3, 0.4) is 0 Å². The number of alkyl halides is 3. The minimum Gasteiger partial charge on any atom is -0.347 e. The Morgan fingerprint density at radius 2 is 2.06 bits per heavy atom. The van der Waals surface area contributed by atoms with Gasteiger partial charge in [-0.2, -0.15) is 18.3 Å². The number of aromatic nitrogens is 2. The van der Waals surface area contributed by atoms with Crippen LogP contribution in [-0.4, -0.2) is 58.1 Å². The van der Waals surface area contributed by atoms with Crippen molar-refractivity contribution < 1.29 is 27.6 Å². The molecule has 12 heteroatoms. The van der Waals surface area contributed by atoms with Gasteiger partial charge in [0.05, 0.1) is 17.8 Å². The number of amides is 3. The summed E-state index contributed by atoms with van der Waals surface area (Å²) in [6.07, 6.45) is -3.49. The Hall–Kier alpha value is -3.41. The lowest BCUT2D eigenvalue weighted by molar-refractivity contribution is -0.142. The van der Waals surface area contributed by atoms with E-state index in [4.69, 9.17) is 0 Å². The van der Waals surface area contributed by atoms with Gasteiger partial charge in [-0.15, -0.1) is 0 Å². The highest BCUT2D eigenvalue weighted by atomic mass is 79.9. The molecule has 3 heterocycles. The summed E-state index contributed by atoms with van der Waals surface area (Å²) in [6, 6.07) is 9.09. The molecule has 3 aromatic rings. The zero-order valence-corrected chi connectivity index (χ0v) is 19.0. The number of likely N-dealkylation sites (tertiary alicyclic amines) is 1. The SMILES string of the molecule is O=C(CC1N(C(=O)c2ccc3[nH]ncc3c2)CC12C(=O)Nc1cccc(Br)c12)NCC(F)(F)F.